The maximum atomic E-state index is 12.3. The second-order valence-corrected chi connectivity index (χ2v) is 5.88. The molecule has 0 saturated heterocycles. The van der Waals surface area contributed by atoms with Gasteiger partial charge in [0, 0.05) is 10.5 Å². The maximum Gasteiger partial charge on any atom is 0.344 e. The molecule has 0 unspecified atom stereocenters. The van der Waals surface area contributed by atoms with E-state index in [1.807, 2.05) is 19.9 Å². The number of carboxylic acid groups (broad SMARTS) is 1. The smallest absolute Gasteiger partial charge is 0.344 e. The number of carbonyl (C=O) groups excluding carboxylic acids is 1. The first-order chi connectivity index (χ1) is 10.9. The number of esters is 1. The normalized spacial score (nSPS) is 10.7. The van der Waals surface area contributed by atoms with E-state index >= 15 is 0 Å². The predicted molar refractivity (Wildman–Crippen MR) is 91.7 cm³/mol. The van der Waals surface area contributed by atoms with Gasteiger partial charge in [0.15, 0.2) is 0 Å². The van der Waals surface area contributed by atoms with Gasteiger partial charge in [-0.25, -0.2) is 9.59 Å². The fraction of sp³-hybridized carbons (Fsp3) is 0.111. The Bertz CT molecular complexity index is 770. The van der Waals surface area contributed by atoms with Gasteiger partial charge in [0.05, 0.1) is 5.56 Å². The molecule has 0 aliphatic carbocycles. The Balaban J connectivity index is 2.29. The summed E-state index contributed by atoms with van der Waals surface area (Å²) in [5, 5.41) is 8.68. The minimum atomic E-state index is -1.01. The largest absolute Gasteiger partial charge is 0.478 e. The monoisotopic (exact) mass is 374 g/mol. The minimum Gasteiger partial charge on any atom is -0.478 e. The molecular weight excluding hydrogens is 360 g/mol. The van der Waals surface area contributed by atoms with E-state index in [2.05, 4.69) is 15.9 Å². The summed E-state index contributed by atoms with van der Waals surface area (Å²) >= 11 is 3.33. The van der Waals surface area contributed by atoms with Gasteiger partial charge in [-0.15, -0.1) is 0 Å². The molecule has 0 radical (unpaired) electrons. The Kier molecular flexibility index (Phi) is 5.34. The fourth-order valence-electron chi connectivity index (χ4n) is 2.18. The second kappa shape index (κ2) is 7.24. The average Bonchev–Trinajstić information content (AvgIpc) is 2.49. The Morgan fingerprint density at radius 3 is 2.30 bits per heavy atom. The number of ether oxygens (including phenoxy) is 1. The fourth-order valence-corrected chi connectivity index (χ4v) is 2.63. The van der Waals surface area contributed by atoms with Crippen LogP contribution in [0.1, 0.15) is 27.0 Å². The number of hydrogen-bond acceptors (Lipinski definition) is 3. The molecule has 2 aromatic carbocycles. The molecule has 0 bridgehead atoms. The number of carbonyl (C=O) groups is 2. The van der Waals surface area contributed by atoms with Crippen LogP contribution in [0, 0.1) is 13.8 Å². The number of hydrogen-bond donors (Lipinski definition) is 1. The molecule has 0 aliphatic rings. The summed E-state index contributed by atoms with van der Waals surface area (Å²) in [4.78, 5) is 22.9. The highest BCUT2D eigenvalue weighted by atomic mass is 79.9. The molecule has 118 valence electrons. The van der Waals surface area contributed by atoms with E-state index in [4.69, 9.17) is 9.84 Å². The van der Waals surface area contributed by atoms with E-state index in [0.29, 0.717) is 15.8 Å². The highest BCUT2D eigenvalue weighted by Gasteiger charge is 2.15. The molecule has 4 nitrogen and oxygen atoms in total. The molecule has 2 rings (SSSR count). The van der Waals surface area contributed by atoms with Gasteiger partial charge in [0.2, 0.25) is 0 Å². The van der Waals surface area contributed by atoms with Crippen molar-refractivity contribution in [1.29, 1.82) is 0 Å². The van der Waals surface area contributed by atoms with Crippen molar-refractivity contribution in [2.75, 3.05) is 0 Å². The van der Waals surface area contributed by atoms with Crippen molar-refractivity contribution in [3.8, 4) is 5.75 Å². The summed E-state index contributed by atoms with van der Waals surface area (Å²) in [6, 6.07) is 10.6. The molecule has 0 heterocycles. The van der Waals surface area contributed by atoms with Gasteiger partial charge in [-0.2, -0.15) is 0 Å². The topological polar surface area (TPSA) is 63.6 Å². The number of benzene rings is 2. The van der Waals surface area contributed by atoms with Crippen LogP contribution in [0.15, 0.2) is 46.9 Å². The van der Waals surface area contributed by atoms with Crippen molar-refractivity contribution < 1.29 is 19.4 Å². The third-order valence-electron chi connectivity index (χ3n) is 3.19. The molecule has 2 aromatic rings. The summed E-state index contributed by atoms with van der Waals surface area (Å²) < 4.78 is 6.18. The molecule has 0 aromatic heterocycles. The Labute approximate surface area is 142 Å². The van der Waals surface area contributed by atoms with Gasteiger partial charge >= 0.3 is 11.9 Å². The van der Waals surface area contributed by atoms with Crippen molar-refractivity contribution in [1.82, 2.24) is 0 Å². The Morgan fingerprint density at radius 1 is 1.13 bits per heavy atom. The van der Waals surface area contributed by atoms with Crippen molar-refractivity contribution in [3.63, 3.8) is 0 Å². The SMILES string of the molecule is Cc1cc(/C=C/C(=O)O)cc(C)c1OC(=O)c1ccccc1Br. The lowest BCUT2D eigenvalue weighted by molar-refractivity contribution is -0.131. The molecule has 5 heteroatoms. The van der Waals surface area contributed by atoms with Crippen molar-refractivity contribution in [2.45, 2.75) is 13.8 Å². The highest BCUT2D eigenvalue weighted by molar-refractivity contribution is 9.10. The summed E-state index contributed by atoms with van der Waals surface area (Å²) in [5.74, 6) is -0.972. The number of aliphatic carboxylic acids is 1. The van der Waals surface area contributed by atoms with E-state index in [9.17, 15) is 9.59 Å². The molecule has 0 aliphatic heterocycles. The molecule has 0 saturated carbocycles. The van der Waals surface area contributed by atoms with Crippen LogP contribution in [0.25, 0.3) is 6.08 Å². The van der Waals surface area contributed by atoms with Gasteiger partial charge in [0.1, 0.15) is 5.75 Å². The molecular formula is C18H15BrO4. The maximum absolute atomic E-state index is 12.3. The lowest BCUT2D eigenvalue weighted by Gasteiger charge is -2.12. The first kappa shape index (κ1) is 17.0. The number of halogens is 1. The van der Waals surface area contributed by atoms with Crippen LogP contribution in [0.3, 0.4) is 0 Å². The van der Waals surface area contributed by atoms with Crippen molar-refractivity contribution in [3.05, 3.63) is 69.2 Å². The highest BCUT2D eigenvalue weighted by Crippen LogP contribution is 2.27. The van der Waals surface area contributed by atoms with Crippen LogP contribution in [0.4, 0.5) is 0 Å². The van der Waals surface area contributed by atoms with Crippen molar-refractivity contribution in [2.24, 2.45) is 0 Å². The van der Waals surface area contributed by atoms with Crippen LogP contribution < -0.4 is 4.74 Å². The lowest BCUT2D eigenvalue weighted by Crippen LogP contribution is -2.11. The summed E-state index contributed by atoms with van der Waals surface area (Å²) in [5.41, 5.74) is 2.70. The van der Waals surface area contributed by atoms with Gasteiger partial charge in [-0.3, -0.25) is 0 Å². The molecule has 0 amide bonds. The van der Waals surface area contributed by atoms with E-state index in [1.54, 1.807) is 30.3 Å². The minimum absolute atomic E-state index is 0.446. The number of rotatable bonds is 4. The molecule has 23 heavy (non-hydrogen) atoms. The molecule has 1 N–H and O–H groups in total. The van der Waals surface area contributed by atoms with Crippen LogP contribution in [0.5, 0.6) is 5.75 Å². The van der Waals surface area contributed by atoms with Crippen LogP contribution in [-0.2, 0) is 4.79 Å². The zero-order valence-electron chi connectivity index (χ0n) is 12.7. The standard InChI is InChI=1S/C18H15BrO4/c1-11-9-13(7-8-16(20)21)10-12(2)17(11)23-18(22)14-5-3-4-6-15(14)19/h3-10H,1-2H3,(H,20,21)/b8-7+. The average molecular weight is 375 g/mol. The third kappa shape index (κ3) is 4.29. The van der Waals surface area contributed by atoms with Gasteiger partial charge in [0.25, 0.3) is 0 Å². The number of aryl methyl sites for hydroxylation is 2. The molecule has 0 spiro atoms. The lowest BCUT2D eigenvalue weighted by atomic mass is 10.1. The van der Waals surface area contributed by atoms with Gasteiger partial charge < -0.3 is 9.84 Å². The van der Waals surface area contributed by atoms with E-state index < -0.39 is 11.9 Å². The molecule has 0 fully saturated rings. The predicted octanol–water partition coefficient (Wildman–Crippen LogP) is 4.38. The first-order valence-corrected chi connectivity index (χ1v) is 7.66. The van der Waals surface area contributed by atoms with E-state index in [0.717, 1.165) is 22.8 Å². The number of carboxylic acids is 1. The van der Waals surface area contributed by atoms with Crippen LogP contribution >= 0.6 is 15.9 Å². The summed E-state index contributed by atoms with van der Waals surface area (Å²) in [6.45, 7) is 3.63. The first-order valence-electron chi connectivity index (χ1n) is 6.87. The third-order valence-corrected chi connectivity index (χ3v) is 3.88. The quantitative estimate of drug-likeness (QED) is 0.489. The second-order valence-electron chi connectivity index (χ2n) is 5.02. The van der Waals surface area contributed by atoms with Gasteiger partial charge in [-0.1, -0.05) is 12.1 Å². The summed E-state index contributed by atoms with van der Waals surface area (Å²) in [7, 11) is 0. The Hall–Kier alpha value is -2.40. The van der Waals surface area contributed by atoms with Crippen LogP contribution in [-0.4, -0.2) is 17.0 Å². The zero-order valence-corrected chi connectivity index (χ0v) is 14.3. The van der Waals surface area contributed by atoms with E-state index in [-0.39, 0.29) is 0 Å². The Morgan fingerprint density at radius 2 is 1.74 bits per heavy atom. The van der Waals surface area contributed by atoms with Gasteiger partial charge in [-0.05, 0) is 76.8 Å². The molecule has 0 atom stereocenters. The summed E-state index contributed by atoms with van der Waals surface area (Å²) in [6.07, 6.45) is 2.57. The van der Waals surface area contributed by atoms with E-state index in [1.165, 1.54) is 6.08 Å². The van der Waals surface area contributed by atoms with Crippen LogP contribution in [0.2, 0.25) is 0 Å². The zero-order chi connectivity index (χ0) is 17.0. The van der Waals surface area contributed by atoms with Crippen molar-refractivity contribution >= 4 is 33.9 Å².